The molecule has 0 unspecified atom stereocenters. The highest BCUT2D eigenvalue weighted by atomic mass is 16.6. The van der Waals surface area contributed by atoms with Crippen molar-refractivity contribution in [2.75, 3.05) is 66.1 Å². The molecule has 0 radical (unpaired) electrons. The topological polar surface area (TPSA) is 89.5 Å². The van der Waals surface area contributed by atoms with Gasteiger partial charge in [-0.1, -0.05) is 0 Å². The minimum Gasteiger partial charge on any atom is -0.454 e. The zero-order valence-corrected chi connectivity index (χ0v) is 15.3. The first-order valence-electron chi connectivity index (χ1n) is 8.37. The van der Waals surface area contributed by atoms with Crippen molar-refractivity contribution in [3.63, 3.8) is 0 Å². The van der Waals surface area contributed by atoms with Crippen LogP contribution in [0.25, 0.3) is 0 Å². The molecule has 26 heavy (non-hydrogen) atoms. The largest absolute Gasteiger partial charge is 0.454 e. The first kappa shape index (κ1) is 23.9. The van der Waals surface area contributed by atoms with Gasteiger partial charge in [-0.2, -0.15) is 0 Å². The lowest BCUT2D eigenvalue weighted by Crippen LogP contribution is -2.12. The summed E-state index contributed by atoms with van der Waals surface area (Å²) in [6.07, 6.45) is 0. The highest BCUT2D eigenvalue weighted by Crippen LogP contribution is 1.83. The van der Waals surface area contributed by atoms with Crippen LogP contribution in [0.2, 0.25) is 0 Å². The quantitative estimate of drug-likeness (QED) is 0.185. The van der Waals surface area contributed by atoms with E-state index in [1.165, 1.54) is 0 Å². The van der Waals surface area contributed by atoms with Gasteiger partial charge in [0.2, 0.25) is 0 Å². The number of carbonyl (C=O) groups excluding carboxylic acids is 2. The monoisotopic (exact) mass is 370 g/mol. The molecule has 0 amide bonds. The number of hydrogen-bond donors (Lipinski definition) is 0. The number of hydrogen-bond acceptors (Lipinski definition) is 8. The van der Waals surface area contributed by atoms with Crippen LogP contribution in [0, 0.1) is 23.7 Å². The van der Waals surface area contributed by atoms with E-state index in [1.807, 2.05) is 13.8 Å². The summed E-state index contributed by atoms with van der Waals surface area (Å²) >= 11 is 0. The van der Waals surface area contributed by atoms with E-state index in [1.54, 1.807) is 0 Å². The zero-order valence-electron chi connectivity index (χ0n) is 15.3. The number of esters is 2. The second-order valence-electron chi connectivity index (χ2n) is 4.39. The van der Waals surface area contributed by atoms with Crippen molar-refractivity contribution in [3.8, 4) is 23.7 Å². The molecule has 146 valence electrons. The van der Waals surface area contributed by atoms with Crippen molar-refractivity contribution in [3.05, 3.63) is 0 Å². The van der Waals surface area contributed by atoms with Crippen molar-refractivity contribution < 1.29 is 38.0 Å². The molecule has 8 nitrogen and oxygen atoms in total. The van der Waals surface area contributed by atoms with Crippen molar-refractivity contribution >= 4 is 11.9 Å². The Labute approximate surface area is 154 Å². The Hall–Kier alpha value is -2.10. The summed E-state index contributed by atoms with van der Waals surface area (Å²) in [7, 11) is 0. The lowest BCUT2D eigenvalue weighted by atomic mass is 10.5. The maximum Gasteiger partial charge on any atom is 0.385 e. The number of ether oxygens (including phenoxy) is 6. The second kappa shape index (κ2) is 19.2. The van der Waals surface area contributed by atoms with E-state index in [0.717, 1.165) is 0 Å². The lowest BCUT2D eigenvalue weighted by molar-refractivity contribution is -0.139. The summed E-state index contributed by atoms with van der Waals surface area (Å²) in [5.74, 6) is 7.20. The molecule has 0 saturated heterocycles. The van der Waals surface area contributed by atoms with Gasteiger partial charge in [0.1, 0.15) is 13.2 Å². The van der Waals surface area contributed by atoms with Crippen LogP contribution in [-0.4, -0.2) is 78.0 Å². The molecule has 0 aromatic carbocycles. The van der Waals surface area contributed by atoms with Gasteiger partial charge in [-0.3, -0.25) is 0 Å². The first-order valence-corrected chi connectivity index (χ1v) is 8.37. The van der Waals surface area contributed by atoms with Crippen LogP contribution < -0.4 is 0 Å². The maximum absolute atomic E-state index is 11.3. The van der Waals surface area contributed by atoms with Gasteiger partial charge >= 0.3 is 11.9 Å². The molecule has 0 fully saturated rings. The maximum atomic E-state index is 11.3. The zero-order chi connectivity index (χ0) is 19.3. The predicted molar refractivity (Wildman–Crippen MR) is 92.1 cm³/mol. The molecular weight excluding hydrogens is 344 g/mol. The van der Waals surface area contributed by atoms with Gasteiger partial charge in [0.25, 0.3) is 0 Å². The van der Waals surface area contributed by atoms with Gasteiger partial charge in [0, 0.05) is 25.1 Å². The molecule has 0 aliphatic carbocycles. The molecule has 0 N–H and O–H groups in total. The van der Waals surface area contributed by atoms with E-state index in [2.05, 4.69) is 23.7 Å². The third kappa shape index (κ3) is 18.2. The molecule has 0 heterocycles. The van der Waals surface area contributed by atoms with Gasteiger partial charge in [-0.15, -0.1) is 0 Å². The average Bonchev–Trinajstić information content (AvgIpc) is 2.64. The summed E-state index contributed by atoms with van der Waals surface area (Å²) in [4.78, 5) is 22.5. The lowest BCUT2D eigenvalue weighted by Gasteiger charge is -2.03. The standard InChI is InChI=1S/C18H26O8/c1-3-21-9-11-23-13-15-25-17(19)7-5-6-8-18(20)26-16-14-24-12-10-22-4-2/h3-4,9-16H2,1-2H3. The smallest absolute Gasteiger partial charge is 0.385 e. The van der Waals surface area contributed by atoms with E-state index in [-0.39, 0.29) is 26.4 Å². The Kier molecular flexibility index (Phi) is 17.7. The minimum absolute atomic E-state index is 0.0818. The molecule has 0 atom stereocenters. The van der Waals surface area contributed by atoms with Gasteiger partial charge in [-0.25, -0.2) is 9.59 Å². The van der Waals surface area contributed by atoms with Crippen molar-refractivity contribution in [1.82, 2.24) is 0 Å². The van der Waals surface area contributed by atoms with E-state index in [0.29, 0.717) is 39.6 Å². The third-order valence-electron chi connectivity index (χ3n) is 2.47. The molecule has 0 bridgehead atoms. The average molecular weight is 370 g/mol. The fourth-order valence-corrected chi connectivity index (χ4v) is 1.35. The van der Waals surface area contributed by atoms with Crippen LogP contribution in [-0.2, 0) is 38.0 Å². The van der Waals surface area contributed by atoms with Crippen molar-refractivity contribution in [2.45, 2.75) is 13.8 Å². The Bertz CT molecular complexity index is 449. The van der Waals surface area contributed by atoms with Gasteiger partial charge in [0.05, 0.1) is 39.6 Å². The Morgan fingerprint density at radius 3 is 1.31 bits per heavy atom. The molecule has 0 aromatic heterocycles. The van der Waals surface area contributed by atoms with Gasteiger partial charge < -0.3 is 28.4 Å². The Balaban J connectivity index is 3.65. The molecule has 0 aliphatic rings. The molecule has 0 rings (SSSR count). The number of rotatable bonds is 14. The molecule has 8 heteroatoms. The third-order valence-corrected chi connectivity index (χ3v) is 2.47. The molecule has 0 aliphatic heterocycles. The summed E-state index contributed by atoms with van der Waals surface area (Å²) in [6.45, 7) is 7.57. The predicted octanol–water partition coefficient (Wildman–Crippen LogP) is 0.186. The minimum atomic E-state index is -0.747. The highest BCUT2D eigenvalue weighted by molar-refractivity contribution is 5.91. The van der Waals surface area contributed by atoms with Crippen LogP contribution in [0.3, 0.4) is 0 Å². The Morgan fingerprint density at radius 1 is 0.577 bits per heavy atom. The first-order chi connectivity index (χ1) is 12.7. The van der Waals surface area contributed by atoms with E-state index in [4.69, 9.17) is 28.4 Å². The fourth-order valence-electron chi connectivity index (χ4n) is 1.35. The second-order valence-corrected chi connectivity index (χ2v) is 4.39. The summed E-state index contributed by atoms with van der Waals surface area (Å²) < 4.78 is 30.0. The fraction of sp³-hybridized carbons (Fsp3) is 0.667. The molecule has 0 saturated carbocycles. The van der Waals surface area contributed by atoms with Crippen LogP contribution >= 0.6 is 0 Å². The van der Waals surface area contributed by atoms with Crippen LogP contribution in [0.4, 0.5) is 0 Å². The van der Waals surface area contributed by atoms with Crippen LogP contribution in [0.15, 0.2) is 0 Å². The SMILES string of the molecule is CCOCCOCCOC(=O)C#CC#CC(=O)OCCOCCOCC. The van der Waals surface area contributed by atoms with Crippen LogP contribution in [0.5, 0.6) is 0 Å². The van der Waals surface area contributed by atoms with Gasteiger partial charge in [0.15, 0.2) is 0 Å². The van der Waals surface area contributed by atoms with Gasteiger partial charge in [-0.05, 0) is 25.7 Å². The highest BCUT2D eigenvalue weighted by Gasteiger charge is 1.97. The van der Waals surface area contributed by atoms with Crippen LogP contribution in [0.1, 0.15) is 13.8 Å². The van der Waals surface area contributed by atoms with E-state index in [9.17, 15) is 9.59 Å². The van der Waals surface area contributed by atoms with Crippen molar-refractivity contribution in [1.29, 1.82) is 0 Å². The Morgan fingerprint density at radius 2 is 0.923 bits per heavy atom. The molecule has 0 aromatic rings. The van der Waals surface area contributed by atoms with Crippen molar-refractivity contribution in [2.24, 2.45) is 0 Å². The normalized spacial score (nSPS) is 9.46. The summed E-state index contributed by atoms with van der Waals surface area (Å²) in [5.41, 5.74) is 0. The molecule has 0 spiro atoms. The van der Waals surface area contributed by atoms with E-state index < -0.39 is 11.9 Å². The summed E-state index contributed by atoms with van der Waals surface area (Å²) in [6, 6.07) is 0. The summed E-state index contributed by atoms with van der Waals surface area (Å²) in [5, 5.41) is 0. The van der Waals surface area contributed by atoms with E-state index >= 15 is 0 Å². The molecular formula is C18H26O8. The number of carbonyl (C=O) groups is 2.